The zero-order valence-electron chi connectivity index (χ0n) is 12.6. The quantitative estimate of drug-likeness (QED) is 0.563. The van der Waals surface area contributed by atoms with Crippen LogP contribution in [0.5, 0.6) is 5.75 Å². The summed E-state index contributed by atoms with van der Waals surface area (Å²) in [6, 6.07) is 4.45. The van der Waals surface area contributed by atoms with Crippen molar-refractivity contribution in [3.8, 4) is 16.9 Å². The lowest BCUT2D eigenvalue weighted by molar-refractivity contribution is -0.135. The predicted molar refractivity (Wildman–Crippen MR) is 87.6 cm³/mol. The van der Waals surface area contributed by atoms with E-state index in [0.717, 1.165) is 0 Å². The first-order valence-electron chi connectivity index (χ1n) is 6.75. The van der Waals surface area contributed by atoms with Gasteiger partial charge in [0.2, 0.25) is 0 Å². The molecular weight excluding hydrogens is 301 g/mol. The Morgan fingerprint density at radius 2 is 1.96 bits per heavy atom. The normalized spacial score (nSPS) is 10.3. The molecule has 0 radical (unpaired) electrons. The number of amides is 1. The van der Waals surface area contributed by atoms with Crippen molar-refractivity contribution in [2.24, 2.45) is 0 Å². The van der Waals surface area contributed by atoms with Crippen LogP contribution in [0.3, 0.4) is 0 Å². The summed E-state index contributed by atoms with van der Waals surface area (Å²) in [7, 11) is 3.35. The smallest absolute Gasteiger partial charge is 0.322 e. The standard InChI is InChI=1S/C14H13B2FN2O4/c15-7-2-8(12(16)9(17)3-7)6-1-10(20)13(18-4-6)14(23)19-5-11(21)22/h1-4,20H,5,15-16H2,(H,19,23)(H,21,22). The van der Waals surface area contributed by atoms with Gasteiger partial charge in [0, 0.05) is 11.8 Å². The molecule has 1 aromatic carbocycles. The Hall–Kier alpha value is -2.83. The number of rotatable bonds is 4. The number of pyridine rings is 1. The second-order valence-electron chi connectivity index (χ2n) is 5.09. The third kappa shape index (κ3) is 3.68. The van der Waals surface area contributed by atoms with Crippen LogP contribution in [0.1, 0.15) is 10.5 Å². The van der Waals surface area contributed by atoms with E-state index in [2.05, 4.69) is 10.3 Å². The molecule has 1 amide bonds. The van der Waals surface area contributed by atoms with Gasteiger partial charge in [-0.05, 0) is 23.2 Å². The predicted octanol–water partition coefficient (Wildman–Crippen LogP) is -2.08. The number of halogens is 1. The van der Waals surface area contributed by atoms with Crippen molar-refractivity contribution in [2.75, 3.05) is 6.54 Å². The minimum Gasteiger partial charge on any atom is -0.505 e. The Balaban J connectivity index is 2.37. The van der Waals surface area contributed by atoms with E-state index in [-0.39, 0.29) is 11.5 Å². The van der Waals surface area contributed by atoms with Crippen molar-refractivity contribution in [3.63, 3.8) is 0 Å². The van der Waals surface area contributed by atoms with Gasteiger partial charge in [0.25, 0.3) is 5.91 Å². The number of carbonyl (C=O) groups is 2. The molecule has 1 aromatic heterocycles. The SMILES string of the molecule is Bc1cc(F)c(B)c(-c2cnc(C(=O)NCC(=O)O)c(O)c2)c1. The van der Waals surface area contributed by atoms with Gasteiger partial charge >= 0.3 is 5.97 Å². The highest BCUT2D eigenvalue weighted by Gasteiger charge is 2.16. The highest BCUT2D eigenvalue weighted by atomic mass is 19.1. The molecule has 0 saturated carbocycles. The van der Waals surface area contributed by atoms with E-state index in [1.165, 1.54) is 18.3 Å². The lowest BCUT2D eigenvalue weighted by Gasteiger charge is -2.11. The molecule has 0 aliphatic rings. The third-order valence-electron chi connectivity index (χ3n) is 3.28. The number of hydrogen-bond donors (Lipinski definition) is 3. The van der Waals surface area contributed by atoms with Crippen molar-refractivity contribution in [1.29, 1.82) is 0 Å². The van der Waals surface area contributed by atoms with Crippen LogP contribution >= 0.6 is 0 Å². The van der Waals surface area contributed by atoms with Crippen LogP contribution in [0.4, 0.5) is 4.39 Å². The number of hydrogen-bond acceptors (Lipinski definition) is 4. The molecule has 0 unspecified atom stereocenters. The lowest BCUT2D eigenvalue weighted by Crippen LogP contribution is -2.29. The molecule has 0 fully saturated rings. The van der Waals surface area contributed by atoms with E-state index >= 15 is 0 Å². The van der Waals surface area contributed by atoms with Crippen LogP contribution in [0, 0.1) is 5.82 Å². The first-order valence-corrected chi connectivity index (χ1v) is 6.75. The van der Waals surface area contributed by atoms with E-state index in [9.17, 15) is 19.1 Å². The van der Waals surface area contributed by atoms with E-state index < -0.39 is 24.2 Å². The third-order valence-corrected chi connectivity index (χ3v) is 3.28. The maximum absolute atomic E-state index is 13.8. The molecule has 23 heavy (non-hydrogen) atoms. The Kier molecular flexibility index (Phi) is 4.68. The maximum atomic E-state index is 13.8. The molecule has 2 aromatic rings. The molecule has 0 aliphatic heterocycles. The summed E-state index contributed by atoms with van der Waals surface area (Å²) in [4.78, 5) is 26.0. The van der Waals surface area contributed by atoms with Crippen LogP contribution in [0.15, 0.2) is 24.4 Å². The van der Waals surface area contributed by atoms with E-state index in [0.29, 0.717) is 22.1 Å². The zero-order valence-corrected chi connectivity index (χ0v) is 12.6. The van der Waals surface area contributed by atoms with Gasteiger partial charge in [-0.1, -0.05) is 11.5 Å². The largest absolute Gasteiger partial charge is 0.505 e. The summed E-state index contributed by atoms with van der Waals surface area (Å²) in [6.07, 6.45) is 1.33. The molecule has 116 valence electrons. The Bertz CT molecular complexity index is 799. The van der Waals surface area contributed by atoms with Crippen LogP contribution in [-0.4, -0.2) is 49.3 Å². The van der Waals surface area contributed by atoms with Crippen molar-refractivity contribution in [3.05, 3.63) is 35.9 Å². The summed E-state index contributed by atoms with van der Waals surface area (Å²) in [5.74, 6) is -2.79. The number of aromatic nitrogens is 1. The first-order chi connectivity index (χ1) is 10.8. The number of nitrogens with one attached hydrogen (secondary N) is 1. The number of carbonyl (C=O) groups excluding carboxylic acids is 1. The maximum Gasteiger partial charge on any atom is 0.322 e. The van der Waals surface area contributed by atoms with E-state index in [4.69, 9.17) is 5.11 Å². The van der Waals surface area contributed by atoms with Crippen molar-refractivity contribution < 1.29 is 24.2 Å². The molecular formula is C14H13B2FN2O4. The average Bonchev–Trinajstić information content (AvgIpc) is 2.48. The molecule has 6 nitrogen and oxygen atoms in total. The molecule has 3 N–H and O–H groups in total. The van der Waals surface area contributed by atoms with Gasteiger partial charge in [0.1, 0.15) is 33.8 Å². The molecule has 0 spiro atoms. The van der Waals surface area contributed by atoms with Crippen LogP contribution in [0.2, 0.25) is 0 Å². The van der Waals surface area contributed by atoms with Gasteiger partial charge in [0.05, 0.1) is 0 Å². The second kappa shape index (κ2) is 6.51. The van der Waals surface area contributed by atoms with E-state index in [1.54, 1.807) is 21.8 Å². The fourth-order valence-electron chi connectivity index (χ4n) is 2.13. The van der Waals surface area contributed by atoms with Crippen molar-refractivity contribution in [1.82, 2.24) is 10.3 Å². The number of benzene rings is 1. The Morgan fingerprint density at radius 3 is 2.57 bits per heavy atom. The van der Waals surface area contributed by atoms with Crippen LogP contribution < -0.4 is 16.2 Å². The summed E-state index contributed by atoms with van der Waals surface area (Å²) < 4.78 is 13.8. The number of nitrogens with zero attached hydrogens (tertiary/aromatic N) is 1. The van der Waals surface area contributed by atoms with Crippen LogP contribution in [-0.2, 0) is 4.79 Å². The van der Waals surface area contributed by atoms with Crippen LogP contribution in [0.25, 0.3) is 11.1 Å². The number of carboxylic acids is 1. The molecule has 0 aliphatic carbocycles. The second-order valence-corrected chi connectivity index (χ2v) is 5.09. The fourth-order valence-corrected chi connectivity index (χ4v) is 2.13. The first kappa shape index (κ1) is 16.5. The minimum atomic E-state index is -1.21. The molecule has 0 bridgehead atoms. The van der Waals surface area contributed by atoms with Gasteiger partial charge in [-0.15, -0.1) is 0 Å². The number of aliphatic carboxylic acids is 1. The van der Waals surface area contributed by atoms with Gasteiger partial charge in [0.15, 0.2) is 5.69 Å². The molecule has 9 heteroatoms. The van der Waals surface area contributed by atoms with E-state index in [1.807, 2.05) is 0 Å². The molecule has 2 rings (SSSR count). The molecule has 0 saturated heterocycles. The topological polar surface area (TPSA) is 99.5 Å². The molecule has 1 heterocycles. The number of carboxylic acid groups (broad SMARTS) is 1. The number of aromatic hydroxyl groups is 1. The van der Waals surface area contributed by atoms with Gasteiger partial charge < -0.3 is 15.5 Å². The summed E-state index contributed by atoms with van der Waals surface area (Å²) >= 11 is 0. The van der Waals surface area contributed by atoms with Gasteiger partial charge in [-0.2, -0.15) is 0 Å². The highest BCUT2D eigenvalue weighted by molar-refractivity contribution is 6.38. The average molecular weight is 314 g/mol. The van der Waals surface area contributed by atoms with Gasteiger partial charge in [-0.25, -0.2) is 9.37 Å². The Morgan fingerprint density at radius 1 is 1.26 bits per heavy atom. The summed E-state index contributed by atoms with van der Waals surface area (Å²) in [6.45, 7) is -0.579. The fraction of sp³-hybridized carbons (Fsp3) is 0.0714. The monoisotopic (exact) mass is 314 g/mol. The minimum absolute atomic E-state index is 0.291. The van der Waals surface area contributed by atoms with Gasteiger partial charge in [-0.3, -0.25) is 9.59 Å². The summed E-state index contributed by atoms with van der Waals surface area (Å²) in [5.41, 5.74) is 1.84. The van der Waals surface area contributed by atoms with Crippen molar-refractivity contribution >= 4 is 38.5 Å². The highest BCUT2D eigenvalue weighted by Crippen LogP contribution is 2.23. The zero-order chi connectivity index (χ0) is 17.1. The molecule has 0 atom stereocenters. The van der Waals surface area contributed by atoms with Crippen molar-refractivity contribution in [2.45, 2.75) is 0 Å². The lowest BCUT2D eigenvalue weighted by atomic mass is 9.82. The Labute approximate surface area is 133 Å². The summed E-state index contributed by atoms with van der Waals surface area (Å²) in [5, 5.41) is 20.6.